The van der Waals surface area contributed by atoms with E-state index in [4.69, 9.17) is 0 Å². The van der Waals surface area contributed by atoms with Gasteiger partial charge < -0.3 is 0 Å². The highest BCUT2D eigenvalue weighted by molar-refractivity contribution is 7.80. The Hall–Kier alpha value is -4.86. The Labute approximate surface area is 277 Å². The van der Waals surface area contributed by atoms with Gasteiger partial charge in [-0.1, -0.05) is 208 Å². The molecule has 0 nitrogen and oxygen atoms in total. The van der Waals surface area contributed by atoms with E-state index in [1.54, 1.807) is 0 Å². The highest BCUT2D eigenvalue weighted by atomic mass is 31.1. The summed E-state index contributed by atoms with van der Waals surface area (Å²) < 4.78 is 0. The molecule has 46 heavy (non-hydrogen) atoms. The molecule has 6 aromatic rings. The zero-order valence-electron chi connectivity index (χ0n) is 26.0. The van der Waals surface area contributed by atoms with Crippen molar-refractivity contribution in [2.75, 3.05) is 0 Å². The monoisotopic (exact) mass is 628 g/mol. The first kappa shape index (κ1) is 32.5. The van der Waals surface area contributed by atoms with Crippen molar-refractivity contribution in [3.05, 3.63) is 206 Å². The molecule has 0 aliphatic carbocycles. The van der Waals surface area contributed by atoms with Crippen LogP contribution in [0.5, 0.6) is 0 Å². The number of hydrogen-bond donors (Lipinski definition) is 0. The van der Waals surface area contributed by atoms with Crippen LogP contribution in [0.3, 0.4) is 0 Å². The maximum Gasteiger partial charge on any atom is -0.00724 e. The standard InChI is InChI=1S/C24H21P.C20H17P/c1-4-19-17-18-24(23(6-3)22(19)5-2)25(20-13-9-7-10-14-20)21-15-11-8-12-16-21;1-2-17-11-9-10-16-20(17)21(18-12-5-3-6-13-18)19-14-7-4-8-15-19/h4-18H,1-3H2;2-16H,1H2. The molecule has 0 spiro atoms. The van der Waals surface area contributed by atoms with Gasteiger partial charge in [-0.15, -0.1) is 0 Å². The van der Waals surface area contributed by atoms with Gasteiger partial charge in [0.2, 0.25) is 0 Å². The lowest BCUT2D eigenvalue weighted by Gasteiger charge is -2.23. The Kier molecular flexibility index (Phi) is 11.6. The van der Waals surface area contributed by atoms with E-state index < -0.39 is 15.8 Å². The van der Waals surface area contributed by atoms with E-state index in [9.17, 15) is 0 Å². The minimum absolute atomic E-state index is 0.544. The first-order chi connectivity index (χ1) is 22.7. The van der Waals surface area contributed by atoms with Gasteiger partial charge in [0.25, 0.3) is 0 Å². The summed E-state index contributed by atoms with van der Waals surface area (Å²) in [7, 11) is -1.21. The summed E-state index contributed by atoms with van der Waals surface area (Å²) in [5.41, 5.74) is 4.55. The van der Waals surface area contributed by atoms with E-state index in [0.717, 1.165) is 16.7 Å². The van der Waals surface area contributed by atoms with Crippen molar-refractivity contribution in [2.24, 2.45) is 0 Å². The van der Waals surface area contributed by atoms with Crippen molar-refractivity contribution in [1.82, 2.24) is 0 Å². The summed E-state index contributed by atoms with van der Waals surface area (Å²) in [4.78, 5) is 0. The molecular weight excluding hydrogens is 590 g/mol. The van der Waals surface area contributed by atoms with Gasteiger partial charge in [0, 0.05) is 0 Å². The Balaban J connectivity index is 0.000000184. The van der Waals surface area contributed by atoms with E-state index in [1.165, 1.54) is 37.4 Å². The largest absolute Gasteiger partial charge is 0.0984 e. The summed E-state index contributed by atoms with van der Waals surface area (Å²) in [6.45, 7) is 16.0. The highest BCUT2D eigenvalue weighted by Crippen LogP contribution is 2.36. The number of hydrogen-bond acceptors (Lipinski definition) is 0. The summed E-state index contributed by atoms with van der Waals surface area (Å²) >= 11 is 0. The summed E-state index contributed by atoms with van der Waals surface area (Å²) in [6, 6.07) is 55.8. The molecule has 0 unspecified atom stereocenters. The third-order valence-electron chi connectivity index (χ3n) is 7.62. The van der Waals surface area contributed by atoms with Gasteiger partial charge in [-0.05, 0) is 69.9 Å². The molecule has 0 radical (unpaired) electrons. The maximum absolute atomic E-state index is 4.07. The van der Waals surface area contributed by atoms with Crippen LogP contribution in [0, 0.1) is 0 Å². The minimum Gasteiger partial charge on any atom is -0.0984 e. The molecule has 0 atom stereocenters. The molecule has 224 valence electrons. The topological polar surface area (TPSA) is 0 Å². The van der Waals surface area contributed by atoms with Crippen LogP contribution in [0.25, 0.3) is 24.3 Å². The molecule has 0 N–H and O–H groups in total. The fourth-order valence-corrected chi connectivity index (χ4v) is 10.4. The lowest BCUT2D eigenvalue weighted by atomic mass is 10.0. The van der Waals surface area contributed by atoms with Crippen molar-refractivity contribution >= 4 is 72.0 Å². The van der Waals surface area contributed by atoms with Crippen LogP contribution in [-0.4, -0.2) is 0 Å². The van der Waals surface area contributed by atoms with E-state index in [2.05, 4.69) is 184 Å². The van der Waals surface area contributed by atoms with Crippen LogP contribution in [0.2, 0.25) is 0 Å². The van der Waals surface area contributed by atoms with Crippen molar-refractivity contribution in [3.63, 3.8) is 0 Å². The van der Waals surface area contributed by atoms with Gasteiger partial charge in [0.15, 0.2) is 0 Å². The van der Waals surface area contributed by atoms with E-state index in [1.807, 2.05) is 24.3 Å². The van der Waals surface area contributed by atoms with Crippen LogP contribution in [0.15, 0.2) is 184 Å². The van der Waals surface area contributed by atoms with Gasteiger partial charge in [-0.25, -0.2) is 0 Å². The lowest BCUT2D eigenvalue weighted by Crippen LogP contribution is -2.23. The van der Waals surface area contributed by atoms with E-state index in [0.29, 0.717) is 0 Å². The normalized spacial score (nSPS) is 10.5. The summed E-state index contributed by atoms with van der Waals surface area (Å²) in [6.07, 6.45) is 7.68. The molecule has 0 aliphatic rings. The second kappa shape index (κ2) is 16.5. The molecule has 0 heterocycles. The van der Waals surface area contributed by atoms with Crippen molar-refractivity contribution in [3.8, 4) is 0 Å². The molecule has 0 saturated heterocycles. The zero-order chi connectivity index (χ0) is 32.1. The van der Waals surface area contributed by atoms with Crippen molar-refractivity contribution in [1.29, 1.82) is 0 Å². The van der Waals surface area contributed by atoms with Crippen LogP contribution in [0.1, 0.15) is 22.3 Å². The third kappa shape index (κ3) is 7.50. The molecule has 0 aromatic heterocycles. The minimum atomic E-state index is -0.665. The number of rotatable bonds is 10. The average Bonchev–Trinajstić information content (AvgIpc) is 3.14. The average molecular weight is 629 g/mol. The zero-order valence-corrected chi connectivity index (χ0v) is 27.8. The van der Waals surface area contributed by atoms with Crippen LogP contribution in [0.4, 0.5) is 0 Å². The molecule has 0 aliphatic heterocycles. The Morgan fingerprint density at radius 3 is 1.07 bits per heavy atom. The van der Waals surface area contributed by atoms with Crippen LogP contribution < -0.4 is 31.8 Å². The fraction of sp³-hybridized carbons (Fsp3) is 0. The smallest absolute Gasteiger partial charge is 0.00724 e. The second-order valence-corrected chi connectivity index (χ2v) is 14.8. The Morgan fingerprint density at radius 2 is 0.674 bits per heavy atom. The molecule has 0 amide bonds. The predicted octanol–water partition coefficient (Wildman–Crippen LogP) is 9.46. The molecule has 6 aromatic carbocycles. The molecule has 0 saturated carbocycles. The van der Waals surface area contributed by atoms with Gasteiger partial charge in [-0.3, -0.25) is 0 Å². The quantitative estimate of drug-likeness (QED) is 0.133. The fourth-order valence-electron chi connectivity index (χ4n) is 5.48. The lowest BCUT2D eigenvalue weighted by molar-refractivity contribution is 1.62. The second-order valence-electron chi connectivity index (χ2n) is 10.4. The molecule has 6 rings (SSSR count). The van der Waals surface area contributed by atoms with Gasteiger partial charge in [0.1, 0.15) is 0 Å². The Bertz CT molecular complexity index is 1810. The highest BCUT2D eigenvalue weighted by Gasteiger charge is 2.21. The molecular formula is C44H38P2. The van der Waals surface area contributed by atoms with Gasteiger partial charge in [-0.2, -0.15) is 0 Å². The number of benzene rings is 6. The maximum atomic E-state index is 4.07. The van der Waals surface area contributed by atoms with Crippen LogP contribution in [-0.2, 0) is 0 Å². The SMILES string of the molecule is C=Cc1ccc(P(c2ccccc2)c2ccccc2)c(C=C)c1C=C.C=Cc1ccccc1P(c1ccccc1)c1ccccc1. The molecule has 0 bridgehead atoms. The summed E-state index contributed by atoms with van der Waals surface area (Å²) in [5.74, 6) is 0. The molecule has 0 fully saturated rings. The van der Waals surface area contributed by atoms with Crippen LogP contribution >= 0.6 is 15.8 Å². The van der Waals surface area contributed by atoms with E-state index >= 15 is 0 Å². The van der Waals surface area contributed by atoms with Crippen molar-refractivity contribution in [2.45, 2.75) is 0 Å². The van der Waals surface area contributed by atoms with Gasteiger partial charge >= 0.3 is 0 Å². The predicted molar refractivity (Wildman–Crippen MR) is 211 cm³/mol. The van der Waals surface area contributed by atoms with E-state index in [-0.39, 0.29) is 0 Å². The first-order valence-corrected chi connectivity index (χ1v) is 17.9. The Morgan fingerprint density at radius 1 is 0.304 bits per heavy atom. The van der Waals surface area contributed by atoms with Gasteiger partial charge in [0.05, 0.1) is 0 Å². The summed E-state index contributed by atoms with van der Waals surface area (Å²) in [5, 5.41) is 8.05. The molecule has 2 heteroatoms. The van der Waals surface area contributed by atoms with Crippen molar-refractivity contribution < 1.29 is 0 Å². The first-order valence-electron chi connectivity index (χ1n) is 15.3. The third-order valence-corrected chi connectivity index (χ3v) is 12.6.